The first-order chi connectivity index (χ1) is 5.65. The van der Waals surface area contributed by atoms with Crippen molar-refractivity contribution >= 4 is 27.5 Å². The molecule has 0 N–H and O–H groups in total. The number of hydrogen-bond donors (Lipinski definition) is 0. The van der Waals surface area contributed by atoms with Gasteiger partial charge < -0.3 is 0 Å². The smallest absolute Gasteiger partial charge is 0.255 e. The van der Waals surface area contributed by atoms with Gasteiger partial charge in [0.25, 0.3) is 6.43 Å². The average Bonchev–Trinajstić information content (AvgIpc) is 2.04. The third kappa shape index (κ3) is 2.14. The van der Waals surface area contributed by atoms with Crippen molar-refractivity contribution in [3.63, 3.8) is 0 Å². The van der Waals surface area contributed by atoms with Crippen molar-refractivity contribution in [1.29, 1.82) is 0 Å². The van der Waals surface area contributed by atoms with Crippen molar-refractivity contribution in [3.05, 3.63) is 28.5 Å². The Morgan fingerprint density at radius 1 is 1.58 bits per heavy atom. The largest absolute Gasteiger partial charge is 0.280 e. The van der Waals surface area contributed by atoms with Crippen LogP contribution in [-0.4, -0.2) is 4.98 Å². The summed E-state index contributed by atoms with van der Waals surface area (Å²) >= 11 is 8.83. The Morgan fingerprint density at radius 2 is 2.25 bits per heavy atom. The third-order valence-electron chi connectivity index (χ3n) is 1.32. The highest BCUT2D eigenvalue weighted by Gasteiger charge is 2.10. The van der Waals surface area contributed by atoms with Crippen LogP contribution in [0.5, 0.6) is 0 Å². The predicted octanol–water partition coefficient (Wildman–Crippen LogP) is 3.57. The Labute approximate surface area is 81.9 Å². The molecule has 0 spiro atoms. The summed E-state index contributed by atoms with van der Waals surface area (Å²) in [6.07, 6.45) is -1.22. The summed E-state index contributed by atoms with van der Waals surface area (Å²) in [5, 5.41) is 0.833. The first-order valence-corrected chi connectivity index (χ1v) is 4.63. The molecule has 0 atom stereocenters. The number of pyridine rings is 1. The van der Waals surface area contributed by atoms with E-state index >= 15 is 0 Å². The second kappa shape index (κ2) is 4.14. The molecule has 0 aliphatic rings. The van der Waals surface area contributed by atoms with Crippen LogP contribution in [0.1, 0.15) is 17.7 Å². The standard InChI is InChI=1S/C7H5BrClF2N/c8-2-4-3-12-6(7(10)11)1-5(4)9/h1,3,7H,2H2. The van der Waals surface area contributed by atoms with E-state index in [1.54, 1.807) is 0 Å². The van der Waals surface area contributed by atoms with Crippen molar-refractivity contribution in [3.8, 4) is 0 Å². The van der Waals surface area contributed by atoms with E-state index in [2.05, 4.69) is 20.9 Å². The fraction of sp³-hybridized carbons (Fsp3) is 0.286. The van der Waals surface area contributed by atoms with Gasteiger partial charge in [-0.25, -0.2) is 8.78 Å². The maximum Gasteiger partial charge on any atom is 0.280 e. The van der Waals surface area contributed by atoms with E-state index in [9.17, 15) is 8.78 Å². The highest BCUT2D eigenvalue weighted by molar-refractivity contribution is 9.08. The zero-order valence-electron chi connectivity index (χ0n) is 5.90. The van der Waals surface area contributed by atoms with Crippen LogP contribution in [0.15, 0.2) is 12.3 Å². The quantitative estimate of drug-likeness (QED) is 0.737. The molecule has 0 aliphatic heterocycles. The van der Waals surface area contributed by atoms with E-state index < -0.39 is 6.43 Å². The predicted molar refractivity (Wildman–Crippen MR) is 46.8 cm³/mol. The van der Waals surface area contributed by atoms with Gasteiger partial charge in [0.15, 0.2) is 0 Å². The van der Waals surface area contributed by atoms with Gasteiger partial charge in [-0.2, -0.15) is 0 Å². The van der Waals surface area contributed by atoms with Gasteiger partial charge in [-0.1, -0.05) is 27.5 Å². The van der Waals surface area contributed by atoms with Crippen molar-refractivity contribution in [2.75, 3.05) is 0 Å². The van der Waals surface area contributed by atoms with E-state index in [0.717, 1.165) is 0 Å². The Bertz CT molecular complexity index is 280. The summed E-state index contributed by atoms with van der Waals surface area (Å²) in [6, 6.07) is 1.18. The van der Waals surface area contributed by atoms with Gasteiger partial charge in [0.2, 0.25) is 0 Å². The summed E-state index contributed by atoms with van der Waals surface area (Å²) in [7, 11) is 0. The van der Waals surface area contributed by atoms with Gasteiger partial charge >= 0.3 is 0 Å². The van der Waals surface area contributed by atoms with Crippen LogP contribution in [0.25, 0.3) is 0 Å². The first-order valence-electron chi connectivity index (χ1n) is 3.13. The topological polar surface area (TPSA) is 12.9 Å². The van der Waals surface area contributed by atoms with Crippen LogP contribution in [0.4, 0.5) is 8.78 Å². The fourth-order valence-corrected chi connectivity index (χ4v) is 1.53. The number of hydrogen-bond acceptors (Lipinski definition) is 1. The molecule has 5 heteroatoms. The lowest BCUT2D eigenvalue weighted by atomic mass is 10.3. The van der Waals surface area contributed by atoms with Gasteiger partial charge in [0.05, 0.1) is 0 Å². The van der Waals surface area contributed by atoms with Crippen molar-refractivity contribution in [1.82, 2.24) is 4.98 Å². The SMILES string of the molecule is FC(F)c1cc(Cl)c(CBr)cn1. The number of halogens is 4. The highest BCUT2D eigenvalue weighted by atomic mass is 79.9. The molecule has 1 nitrogen and oxygen atoms in total. The average molecular weight is 256 g/mol. The van der Waals surface area contributed by atoms with Crippen LogP contribution < -0.4 is 0 Å². The number of rotatable bonds is 2. The van der Waals surface area contributed by atoms with E-state index in [4.69, 9.17) is 11.6 Å². The summed E-state index contributed by atoms with van der Waals surface area (Å²) < 4.78 is 24.1. The molecule has 0 unspecified atom stereocenters. The first kappa shape index (κ1) is 9.86. The molecule has 0 aliphatic carbocycles. The van der Waals surface area contributed by atoms with E-state index in [1.807, 2.05) is 0 Å². The number of alkyl halides is 3. The second-order valence-corrected chi connectivity index (χ2v) is 3.10. The summed E-state index contributed by atoms with van der Waals surface area (Å²) in [5.41, 5.74) is 0.422. The lowest BCUT2D eigenvalue weighted by Gasteiger charge is -2.02. The van der Waals surface area contributed by atoms with Crippen LogP contribution in [-0.2, 0) is 5.33 Å². The van der Waals surface area contributed by atoms with Gasteiger partial charge in [-0.15, -0.1) is 0 Å². The number of nitrogens with zero attached hydrogens (tertiary/aromatic N) is 1. The molecule has 1 aromatic heterocycles. The maximum atomic E-state index is 12.0. The summed E-state index contributed by atoms with van der Waals surface area (Å²) in [4.78, 5) is 3.55. The molecule has 0 aromatic carbocycles. The zero-order valence-corrected chi connectivity index (χ0v) is 8.24. The Kier molecular flexibility index (Phi) is 3.40. The Hall–Kier alpha value is -0.220. The molecule has 1 heterocycles. The van der Waals surface area contributed by atoms with E-state index in [-0.39, 0.29) is 5.69 Å². The zero-order chi connectivity index (χ0) is 9.14. The third-order valence-corrected chi connectivity index (χ3v) is 2.27. The molecular weight excluding hydrogens is 251 g/mol. The van der Waals surface area contributed by atoms with E-state index in [0.29, 0.717) is 15.9 Å². The van der Waals surface area contributed by atoms with E-state index in [1.165, 1.54) is 12.3 Å². The van der Waals surface area contributed by atoms with Crippen molar-refractivity contribution in [2.45, 2.75) is 11.8 Å². The molecule has 66 valence electrons. The van der Waals surface area contributed by atoms with Gasteiger partial charge in [0.1, 0.15) is 5.69 Å². The van der Waals surface area contributed by atoms with Gasteiger partial charge in [-0.05, 0) is 11.6 Å². The van der Waals surface area contributed by atoms with Gasteiger partial charge in [-0.3, -0.25) is 4.98 Å². The fourth-order valence-electron chi connectivity index (χ4n) is 0.692. The number of aromatic nitrogens is 1. The molecule has 0 radical (unpaired) electrons. The van der Waals surface area contributed by atoms with Crippen LogP contribution in [0, 0.1) is 0 Å². The molecule has 1 aromatic rings. The molecule has 0 amide bonds. The molecule has 12 heavy (non-hydrogen) atoms. The van der Waals surface area contributed by atoms with Gasteiger partial charge in [0, 0.05) is 16.5 Å². The monoisotopic (exact) mass is 255 g/mol. The lowest BCUT2D eigenvalue weighted by molar-refractivity contribution is 0.146. The van der Waals surface area contributed by atoms with Crippen molar-refractivity contribution < 1.29 is 8.78 Å². The molecule has 0 saturated heterocycles. The minimum Gasteiger partial charge on any atom is -0.255 e. The minimum absolute atomic E-state index is 0.287. The maximum absolute atomic E-state index is 12.0. The molecule has 0 bridgehead atoms. The van der Waals surface area contributed by atoms with Crippen LogP contribution >= 0.6 is 27.5 Å². The Morgan fingerprint density at radius 3 is 2.67 bits per heavy atom. The molecule has 0 fully saturated rings. The lowest BCUT2D eigenvalue weighted by Crippen LogP contribution is -1.91. The van der Waals surface area contributed by atoms with Crippen LogP contribution in [0.2, 0.25) is 5.02 Å². The summed E-state index contributed by atoms with van der Waals surface area (Å²) in [5.74, 6) is 0. The highest BCUT2D eigenvalue weighted by Crippen LogP contribution is 2.23. The summed E-state index contributed by atoms with van der Waals surface area (Å²) in [6.45, 7) is 0. The molecule has 0 saturated carbocycles. The minimum atomic E-state index is -2.56. The Balaban J connectivity index is 3.02. The van der Waals surface area contributed by atoms with Crippen LogP contribution in [0.3, 0.4) is 0 Å². The second-order valence-electron chi connectivity index (χ2n) is 2.13. The molecular formula is C7H5BrClF2N. The molecule has 1 rings (SSSR count). The normalized spacial score (nSPS) is 10.8. The van der Waals surface area contributed by atoms with Crippen molar-refractivity contribution in [2.24, 2.45) is 0 Å².